The fraction of sp³-hybridized carbons (Fsp3) is 0.611. The van der Waals surface area contributed by atoms with Gasteiger partial charge in [-0.1, -0.05) is 28.1 Å². The fourth-order valence-corrected chi connectivity index (χ4v) is 4.76. The van der Waals surface area contributed by atoms with E-state index in [9.17, 15) is 5.11 Å². The molecule has 1 saturated heterocycles. The smallest absolute Gasteiger partial charge is 0.191 e. The first-order valence-corrected chi connectivity index (χ1v) is 10.6. The van der Waals surface area contributed by atoms with Gasteiger partial charge in [-0.05, 0) is 49.6 Å². The average molecular weight is 412 g/mol. The minimum Gasteiger partial charge on any atom is -0.387 e. The van der Waals surface area contributed by atoms with Crippen molar-refractivity contribution in [2.24, 2.45) is 4.99 Å². The number of nitrogens with one attached hydrogen (secondary N) is 2. The summed E-state index contributed by atoms with van der Waals surface area (Å²) in [7, 11) is 0. The van der Waals surface area contributed by atoms with Crippen LogP contribution in [0, 0.1) is 0 Å². The lowest BCUT2D eigenvalue weighted by Crippen LogP contribution is -2.43. The highest BCUT2D eigenvalue weighted by Gasteiger charge is 2.44. The first-order valence-electron chi connectivity index (χ1n) is 8.64. The average Bonchev–Trinajstić information content (AvgIpc) is 3.25. The molecule has 0 aromatic heterocycles. The predicted octanol–water partition coefficient (Wildman–Crippen LogP) is 2.90. The lowest BCUT2D eigenvalue weighted by molar-refractivity contribution is 0.0778. The molecule has 1 aromatic rings. The van der Waals surface area contributed by atoms with Crippen molar-refractivity contribution in [1.29, 1.82) is 0 Å². The van der Waals surface area contributed by atoms with Crippen LogP contribution in [-0.4, -0.2) is 47.8 Å². The molecule has 1 heterocycles. The molecule has 0 bridgehead atoms. The van der Waals surface area contributed by atoms with Crippen molar-refractivity contribution < 1.29 is 5.11 Å². The van der Waals surface area contributed by atoms with E-state index in [-0.39, 0.29) is 5.41 Å². The minimum atomic E-state index is -0.630. The third-order valence-corrected chi connectivity index (χ3v) is 6.57. The van der Waals surface area contributed by atoms with Crippen LogP contribution in [0.2, 0.25) is 0 Å². The van der Waals surface area contributed by atoms with E-state index in [1.54, 1.807) is 0 Å². The number of benzene rings is 1. The molecule has 0 amide bonds. The van der Waals surface area contributed by atoms with E-state index >= 15 is 0 Å². The molecule has 2 aliphatic rings. The molecule has 1 aliphatic carbocycles. The summed E-state index contributed by atoms with van der Waals surface area (Å²) in [5.41, 5.74) is 0.973. The lowest BCUT2D eigenvalue weighted by atomic mass is 9.96. The summed E-state index contributed by atoms with van der Waals surface area (Å²) in [6, 6.07) is 8.60. The zero-order valence-corrected chi connectivity index (χ0v) is 16.5. The third kappa shape index (κ3) is 4.46. The van der Waals surface area contributed by atoms with E-state index in [0.717, 1.165) is 41.4 Å². The van der Waals surface area contributed by atoms with Gasteiger partial charge in [0.1, 0.15) is 0 Å². The Morgan fingerprint density at radius 1 is 1.33 bits per heavy atom. The van der Waals surface area contributed by atoms with Gasteiger partial charge in [-0.2, -0.15) is 11.8 Å². The second kappa shape index (κ2) is 7.67. The number of aliphatic hydroxyl groups is 1. The van der Waals surface area contributed by atoms with Gasteiger partial charge < -0.3 is 15.7 Å². The summed E-state index contributed by atoms with van der Waals surface area (Å²) in [5, 5.41) is 17.3. The van der Waals surface area contributed by atoms with Gasteiger partial charge in [0.25, 0.3) is 0 Å². The highest BCUT2D eigenvalue weighted by atomic mass is 79.9. The Hall–Kier alpha value is -0.720. The Kier molecular flexibility index (Phi) is 5.78. The molecule has 4 nitrogen and oxygen atoms in total. The highest BCUT2D eigenvalue weighted by molar-refractivity contribution is 9.10. The molecule has 1 atom stereocenters. The van der Waals surface area contributed by atoms with Gasteiger partial charge in [-0.3, -0.25) is 4.99 Å². The molecule has 1 unspecified atom stereocenters. The third-order valence-electron chi connectivity index (χ3n) is 4.84. The molecule has 132 valence electrons. The van der Waals surface area contributed by atoms with Crippen molar-refractivity contribution in [2.75, 3.05) is 31.1 Å². The number of thioether (sulfide) groups is 1. The summed E-state index contributed by atoms with van der Waals surface area (Å²) in [6.07, 6.45) is 3.25. The normalized spacial score (nSPS) is 25.5. The number of rotatable bonds is 6. The van der Waals surface area contributed by atoms with Gasteiger partial charge in [-0.25, -0.2) is 0 Å². The van der Waals surface area contributed by atoms with E-state index in [4.69, 9.17) is 0 Å². The maximum absolute atomic E-state index is 10.5. The maximum atomic E-state index is 10.5. The van der Waals surface area contributed by atoms with Crippen LogP contribution >= 0.6 is 27.7 Å². The van der Waals surface area contributed by atoms with Crippen LogP contribution in [0.25, 0.3) is 0 Å². The molecule has 0 radical (unpaired) electrons. The summed E-state index contributed by atoms with van der Waals surface area (Å²) >= 11 is 5.38. The Balaban J connectivity index is 1.61. The van der Waals surface area contributed by atoms with Gasteiger partial charge >= 0.3 is 0 Å². The molecule has 0 spiro atoms. The van der Waals surface area contributed by atoms with Crippen molar-refractivity contribution in [3.63, 3.8) is 0 Å². The van der Waals surface area contributed by atoms with Crippen molar-refractivity contribution >= 4 is 33.7 Å². The molecule has 2 fully saturated rings. The first-order chi connectivity index (χ1) is 11.6. The molecule has 1 saturated carbocycles. The second-order valence-corrected chi connectivity index (χ2v) is 8.89. The lowest BCUT2D eigenvalue weighted by Gasteiger charge is -2.22. The Bertz CT molecular complexity index is 598. The van der Waals surface area contributed by atoms with Crippen molar-refractivity contribution in [3.8, 4) is 0 Å². The molecular formula is C18H26BrN3OS. The topological polar surface area (TPSA) is 56.7 Å². The van der Waals surface area contributed by atoms with Gasteiger partial charge in [0.2, 0.25) is 0 Å². The molecule has 3 N–H and O–H groups in total. The van der Waals surface area contributed by atoms with Crippen molar-refractivity contribution in [2.45, 2.75) is 37.2 Å². The van der Waals surface area contributed by atoms with Crippen LogP contribution in [0.3, 0.4) is 0 Å². The van der Waals surface area contributed by atoms with Crippen LogP contribution < -0.4 is 10.6 Å². The molecule has 6 heteroatoms. The van der Waals surface area contributed by atoms with E-state index in [2.05, 4.69) is 62.7 Å². The van der Waals surface area contributed by atoms with Gasteiger partial charge in [0.05, 0.1) is 12.1 Å². The summed E-state index contributed by atoms with van der Waals surface area (Å²) in [6.45, 7) is 4.24. The SMILES string of the molecule is CCNC(=NCC1(O)CCSC1)NCC1(c2cccc(Br)c2)CC1. The quantitative estimate of drug-likeness (QED) is 0.497. The predicted molar refractivity (Wildman–Crippen MR) is 106 cm³/mol. The minimum absolute atomic E-state index is 0.222. The van der Waals surface area contributed by atoms with Crippen LogP contribution in [-0.2, 0) is 5.41 Å². The van der Waals surface area contributed by atoms with E-state index in [1.807, 2.05) is 11.8 Å². The number of hydrogen-bond acceptors (Lipinski definition) is 3. The van der Waals surface area contributed by atoms with E-state index < -0.39 is 5.60 Å². The van der Waals surface area contributed by atoms with Crippen LogP contribution in [0.1, 0.15) is 31.7 Å². The summed E-state index contributed by atoms with van der Waals surface area (Å²) in [5.74, 6) is 2.63. The molecular weight excluding hydrogens is 386 g/mol. The Morgan fingerprint density at radius 2 is 2.17 bits per heavy atom. The Morgan fingerprint density at radius 3 is 2.79 bits per heavy atom. The zero-order valence-electron chi connectivity index (χ0n) is 14.1. The number of aliphatic imine (C=N–C) groups is 1. The Labute approximate surface area is 157 Å². The number of hydrogen-bond donors (Lipinski definition) is 3. The number of halogens is 1. The monoisotopic (exact) mass is 411 g/mol. The first kappa shape index (κ1) is 18.1. The van der Waals surface area contributed by atoms with E-state index in [0.29, 0.717) is 6.54 Å². The molecule has 3 rings (SSSR count). The molecule has 1 aliphatic heterocycles. The zero-order chi connectivity index (χ0) is 17.0. The van der Waals surface area contributed by atoms with Crippen molar-refractivity contribution in [1.82, 2.24) is 10.6 Å². The van der Waals surface area contributed by atoms with Gasteiger partial charge in [0, 0.05) is 28.7 Å². The van der Waals surface area contributed by atoms with E-state index in [1.165, 1.54) is 18.4 Å². The number of nitrogens with zero attached hydrogens (tertiary/aromatic N) is 1. The van der Waals surface area contributed by atoms with Crippen molar-refractivity contribution in [3.05, 3.63) is 34.3 Å². The fourth-order valence-electron chi connectivity index (χ4n) is 3.08. The maximum Gasteiger partial charge on any atom is 0.191 e. The molecule has 1 aromatic carbocycles. The summed E-state index contributed by atoms with van der Waals surface area (Å²) < 4.78 is 1.13. The highest BCUT2D eigenvalue weighted by Crippen LogP contribution is 2.48. The molecule has 24 heavy (non-hydrogen) atoms. The van der Waals surface area contributed by atoms with Crippen LogP contribution in [0.5, 0.6) is 0 Å². The second-order valence-electron chi connectivity index (χ2n) is 6.87. The van der Waals surface area contributed by atoms with Gasteiger partial charge in [0.15, 0.2) is 5.96 Å². The van der Waals surface area contributed by atoms with Crippen LogP contribution in [0.15, 0.2) is 33.7 Å². The standard InChI is InChI=1S/C18H26BrN3OS/c1-2-20-16(22-12-18(23)8-9-24-13-18)21-11-17(6-7-17)14-4-3-5-15(19)10-14/h3-5,10,23H,2,6-9,11-13H2,1H3,(H2,20,21,22). The largest absolute Gasteiger partial charge is 0.387 e. The summed E-state index contributed by atoms with van der Waals surface area (Å²) in [4.78, 5) is 4.63. The van der Waals surface area contributed by atoms with Crippen LogP contribution in [0.4, 0.5) is 0 Å². The number of guanidine groups is 1. The van der Waals surface area contributed by atoms with Gasteiger partial charge in [-0.15, -0.1) is 0 Å².